The Bertz CT molecular complexity index is 894. The number of imide groups is 1. The maximum absolute atomic E-state index is 12.5. The highest BCUT2D eigenvalue weighted by Gasteiger charge is 2.31. The van der Waals surface area contributed by atoms with Crippen molar-refractivity contribution in [1.29, 1.82) is 0 Å². The number of hydrogen-bond acceptors (Lipinski definition) is 4. The number of sulfonamides is 1. The standard InChI is InChI=1S/C16H13ClN2O4S/c17-11-4-6-12(7-5-11)18-24(22,23)14-3-1-2-13(10-14)19-15(20)8-9-16(19)21/h1-7,10,18H,8-9H2. The van der Waals surface area contributed by atoms with E-state index in [4.69, 9.17) is 11.6 Å². The third-order valence-electron chi connectivity index (χ3n) is 3.53. The summed E-state index contributed by atoms with van der Waals surface area (Å²) in [5.74, 6) is -0.666. The van der Waals surface area contributed by atoms with Crippen LogP contribution in [0.3, 0.4) is 0 Å². The van der Waals surface area contributed by atoms with Gasteiger partial charge in [0.2, 0.25) is 11.8 Å². The lowest BCUT2D eigenvalue weighted by Crippen LogP contribution is -2.28. The van der Waals surface area contributed by atoms with Crippen LogP contribution in [0.4, 0.5) is 11.4 Å². The van der Waals surface area contributed by atoms with Gasteiger partial charge in [-0.3, -0.25) is 19.2 Å². The van der Waals surface area contributed by atoms with Crippen LogP contribution in [0.2, 0.25) is 5.02 Å². The molecule has 8 heteroatoms. The molecule has 1 fully saturated rings. The summed E-state index contributed by atoms with van der Waals surface area (Å²) in [7, 11) is -3.86. The first kappa shape index (κ1) is 16.5. The maximum atomic E-state index is 12.5. The van der Waals surface area contributed by atoms with Crippen molar-refractivity contribution >= 4 is 44.8 Å². The van der Waals surface area contributed by atoms with E-state index in [9.17, 15) is 18.0 Å². The summed E-state index contributed by atoms with van der Waals surface area (Å²) in [6.45, 7) is 0. The van der Waals surface area contributed by atoms with E-state index in [0.717, 1.165) is 4.90 Å². The Hall–Kier alpha value is -2.38. The van der Waals surface area contributed by atoms with Gasteiger partial charge in [0, 0.05) is 23.6 Å². The van der Waals surface area contributed by atoms with Gasteiger partial charge in [-0.25, -0.2) is 8.42 Å². The van der Waals surface area contributed by atoms with Gasteiger partial charge in [0.15, 0.2) is 0 Å². The SMILES string of the molecule is O=C1CCC(=O)N1c1cccc(S(=O)(=O)Nc2ccc(Cl)cc2)c1. The second-order valence-electron chi connectivity index (χ2n) is 5.23. The molecule has 2 aromatic carbocycles. The molecule has 0 bridgehead atoms. The van der Waals surface area contributed by atoms with Crippen LogP contribution in [0.5, 0.6) is 0 Å². The molecule has 0 atom stereocenters. The Labute approximate surface area is 144 Å². The first-order chi connectivity index (χ1) is 11.4. The van der Waals surface area contributed by atoms with Crippen LogP contribution >= 0.6 is 11.6 Å². The smallest absolute Gasteiger partial charge is 0.261 e. The molecule has 1 N–H and O–H groups in total. The molecule has 1 heterocycles. The van der Waals surface area contributed by atoms with Crippen molar-refractivity contribution < 1.29 is 18.0 Å². The molecule has 1 aliphatic heterocycles. The molecule has 3 rings (SSSR count). The van der Waals surface area contributed by atoms with Crippen LogP contribution in [0, 0.1) is 0 Å². The largest absolute Gasteiger partial charge is 0.280 e. The lowest BCUT2D eigenvalue weighted by molar-refractivity contribution is -0.121. The molecular formula is C16H13ClN2O4S. The topological polar surface area (TPSA) is 83.6 Å². The van der Waals surface area contributed by atoms with E-state index in [1.54, 1.807) is 12.1 Å². The van der Waals surface area contributed by atoms with Gasteiger partial charge < -0.3 is 0 Å². The van der Waals surface area contributed by atoms with Crippen molar-refractivity contribution in [3.63, 3.8) is 0 Å². The van der Waals surface area contributed by atoms with E-state index in [-0.39, 0.29) is 35.2 Å². The van der Waals surface area contributed by atoms with Crippen molar-refractivity contribution in [2.45, 2.75) is 17.7 Å². The summed E-state index contributed by atoms with van der Waals surface area (Å²) < 4.78 is 27.4. The van der Waals surface area contributed by atoms with E-state index in [2.05, 4.69) is 4.72 Å². The van der Waals surface area contributed by atoms with Crippen LogP contribution in [-0.2, 0) is 19.6 Å². The van der Waals surface area contributed by atoms with Gasteiger partial charge in [-0.2, -0.15) is 0 Å². The molecule has 6 nitrogen and oxygen atoms in total. The number of hydrogen-bond donors (Lipinski definition) is 1. The van der Waals surface area contributed by atoms with Crippen LogP contribution in [0.15, 0.2) is 53.4 Å². The first-order valence-corrected chi connectivity index (χ1v) is 8.97. The molecular weight excluding hydrogens is 352 g/mol. The van der Waals surface area contributed by atoms with Gasteiger partial charge in [0.05, 0.1) is 10.6 Å². The number of carbonyl (C=O) groups excluding carboxylic acids is 2. The summed E-state index contributed by atoms with van der Waals surface area (Å²) in [6.07, 6.45) is 0.275. The Morgan fingerprint density at radius 2 is 1.58 bits per heavy atom. The van der Waals surface area contributed by atoms with Crippen molar-refractivity contribution in [3.8, 4) is 0 Å². The monoisotopic (exact) mass is 364 g/mol. The molecule has 0 aromatic heterocycles. The highest BCUT2D eigenvalue weighted by atomic mass is 35.5. The number of halogens is 1. The molecule has 1 saturated heterocycles. The lowest BCUT2D eigenvalue weighted by Gasteiger charge is -2.15. The molecule has 1 aliphatic rings. The minimum atomic E-state index is -3.86. The van der Waals surface area contributed by atoms with E-state index in [1.165, 1.54) is 36.4 Å². The molecule has 24 heavy (non-hydrogen) atoms. The van der Waals surface area contributed by atoms with Crippen molar-refractivity contribution in [2.75, 3.05) is 9.62 Å². The number of nitrogens with one attached hydrogen (secondary N) is 1. The van der Waals surface area contributed by atoms with Gasteiger partial charge in [0.1, 0.15) is 0 Å². The van der Waals surface area contributed by atoms with Crippen LogP contribution < -0.4 is 9.62 Å². The fourth-order valence-corrected chi connectivity index (χ4v) is 3.61. The first-order valence-electron chi connectivity index (χ1n) is 7.11. The maximum Gasteiger partial charge on any atom is 0.261 e. The van der Waals surface area contributed by atoms with E-state index >= 15 is 0 Å². The quantitative estimate of drug-likeness (QED) is 0.845. The van der Waals surface area contributed by atoms with Crippen molar-refractivity contribution in [3.05, 3.63) is 53.6 Å². The van der Waals surface area contributed by atoms with Crippen molar-refractivity contribution in [2.24, 2.45) is 0 Å². The van der Waals surface area contributed by atoms with Gasteiger partial charge in [0.25, 0.3) is 10.0 Å². The zero-order chi connectivity index (χ0) is 17.3. The zero-order valence-corrected chi connectivity index (χ0v) is 14.0. The summed E-state index contributed by atoms with van der Waals surface area (Å²) in [5.41, 5.74) is 0.611. The summed E-state index contributed by atoms with van der Waals surface area (Å²) in [5, 5.41) is 0.492. The summed E-state index contributed by atoms with van der Waals surface area (Å²) >= 11 is 5.77. The number of nitrogens with zero attached hydrogens (tertiary/aromatic N) is 1. The number of rotatable bonds is 4. The molecule has 124 valence electrons. The highest BCUT2D eigenvalue weighted by molar-refractivity contribution is 7.92. The average molecular weight is 365 g/mol. The van der Waals surface area contributed by atoms with E-state index < -0.39 is 10.0 Å². The Balaban J connectivity index is 1.91. The van der Waals surface area contributed by atoms with Crippen LogP contribution in [0.1, 0.15) is 12.8 Å². The fourth-order valence-electron chi connectivity index (χ4n) is 2.39. The van der Waals surface area contributed by atoms with Gasteiger partial charge in [-0.05, 0) is 42.5 Å². The molecule has 2 amide bonds. The average Bonchev–Trinajstić information content (AvgIpc) is 2.88. The van der Waals surface area contributed by atoms with Gasteiger partial charge in [-0.15, -0.1) is 0 Å². The number of amides is 2. The third-order valence-corrected chi connectivity index (χ3v) is 5.17. The Morgan fingerprint density at radius 3 is 2.21 bits per heavy atom. The number of benzene rings is 2. The number of carbonyl (C=O) groups is 2. The highest BCUT2D eigenvalue weighted by Crippen LogP contribution is 2.26. The summed E-state index contributed by atoms with van der Waals surface area (Å²) in [6, 6.07) is 11.9. The minimum Gasteiger partial charge on any atom is -0.280 e. The number of anilines is 2. The fraction of sp³-hybridized carbons (Fsp3) is 0.125. The Morgan fingerprint density at radius 1 is 0.958 bits per heavy atom. The van der Waals surface area contributed by atoms with Gasteiger partial charge in [-0.1, -0.05) is 17.7 Å². The van der Waals surface area contributed by atoms with Crippen LogP contribution in [0.25, 0.3) is 0 Å². The van der Waals surface area contributed by atoms with Crippen LogP contribution in [-0.4, -0.2) is 20.2 Å². The lowest BCUT2D eigenvalue weighted by atomic mass is 10.3. The second-order valence-corrected chi connectivity index (χ2v) is 7.35. The molecule has 2 aromatic rings. The zero-order valence-electron chi connectivity index (χ0n) is 12.4. The van der Waals surface area contributed by atoms with Crippen molar-refractivity contribution in [1.82, 2.24) is 0 Å². The second kappa shape index (κ2) is 6.26. The predicted molar refractivity (Wildman–Crippen MR) is 90.4 cm³/mol. The summed E-state index contributed by atoms with van der Waals surface area (Å²) in [4.78, 5) is 24.6. The Kier molecular flexibility index (Phi) is 4.29. The minimum absolute atomic E-state index is 0.0394. The third kappa shape index (κ3) is 3.27. The molecule has 0 radical (unpaired) electrons. The molecule has 0 saturated carbocycles. The molecule has 0 aliphatic carbocycles. The van der Waals surface area contributed by atoms with E-state index in [1.807, 2.05) is 0 Å². The van der Waals surface area contributed by atoms with E-state index in [0.29, 0.717) is 10.7 Å². The predicted octanol–water partition coefficient (Wildman–Crippen LogP) is 2.79. The molecule has 0 unspecified atom stereocenters. The normalized spacial score (nSPS) is 15.0. The van der Waals surface area contributed by atoms with Gasteiger partial charge >= 0.3 is 0 Å². The molecule has 0 spiro atoms.